The Labute approximate surface area is 77.6 Å². The number of carbonyl (C=O) groups is 2. The fourth-order valence-electron chi connectivity index (χ4n) is 0.711. The third-order valence-electron chi connectivity index (χ3n) is 1.23. The molecule has 0 bridgehead atoms. The zero-order valence-electron chi connectivity index (χ0n) is 6.48. The molecule has 6 heteroatoms. The van der Waals surface area contributed by atoms with Crippen LogP contribution in [0, 0.1) is 0 Å². The van der Waals surface area contributed by atoms with Crippen LogP contribution in [0.5, 0.6) is 0 Å². The van der Waals surface area contributed by atoms with Crippen molar-refractivity contribution in [3.05, 3.63) is 17.0 Å². The third kappa shape index (κ3) is 2.75. The van der Waals surface area contributed by atoms with Crippen LogP contribution in [0.4, 0.5) is 5.00 Å². The summed E-state index contributed by atoms with van der Waals surface area (Å²) in [7, 11) is 0. The van der Waals surface area contributed by atoms with Gasteiger partial charge in [-0.3, -0.25) is 4.79 Å². The monoisotopic (exact) mass is 201 g/mol. The van der Waals surface area contributed by atoms with E-state index in [4.69, 9.17) is 10.2 Å². The fraction of sp³-hybridized carbons (Fsp3) is 0.143. The molecule has 0 radical (unpaired) electrons. The van der Waals surface area contributed by atoms with Crippen molar-refractivity contribution in [1.82, 2.24) is 0 Å². The van der Waals surface area contributed by atoms with Gasteiger partial charge in [-0.15, -0.1) is 11.3 Å². The number of nitrogens with one attached hydrogen (secondary N) is 1. The summed E-state index contributed by atoms with van der Waals surface area (Å²) >= 11 is 1.01. The van der Waals surface area contributed by atoms with Gasteiger partial charge in [-0.25, -0.2) is 4.79 Å². The van der Waals surface area contributed by atoms with Crippen LogP contribution < -0.4 is 5.32 Å². The number of anilines is 1. The Morgan fingerprint density at radius 2 is 2.08 bits per heavy atom. The number of aliphatic carboxylic acids is 1. The molecule has 0 saturated carbocycles. The lowest BCUT2D eigenvalue weighted by atomic mass is 10.5. The Balaban J connectivity index is 2.59. The van der Waals surface area contributed by atoms with E-state index in [-0.39, 0.29) is 11.4 Å². The minimum absolute atomic E-state index is 0.188. The summed E-state index contributed by atoms with van der Waals surface area (Å²) in [6.07, 6.45) is 0. The summed E-state index contributed by atoms with van der Waals surface area (Å²) in [5.74, 6) is -1.99. The Morgan fingerprint density at radius 3 is 2.54 bits per heavy atom. The van der Waals surface area contributed by atoms with Crippen molar-refractivity contribution in [2.75, 3.05) is 11.9 Å². The Hall–Kier alpha value is -1.56. The number of hydrogen-bond donors (Lipinski definition) is 3. The fourth-order valence-corrected chi connectivity index (χ4v) is 1.45. The van der Waals surface area contributed by atoms with Gasteiger partial charge in [-0.05, 0) is 12.1 Å². The van der Waals surface area contributed by atoms with Crippen molar-refractivity contribution in [2.24, 2.45) is 0 Å². The lowest BCUT2D eigenvalue weighted by molar-refractivity contribution is -0.134. The molecule has 1 aromatic heterocycles. The molecule has 0 aromatic carbocycles. The summed E-state index contributed by atoms with van der Waals surface area (Å²) < 4.78 is 0. The highest BCUT2D eigenvalue weighted by molar-refractivity contribution is 7.17. The molecular formula is C7H7NO4S. The summed E-state index contributed by atoms with van der Waals surface area (Å²) in [5.41, 5.74) is 0. The number of rotatable bonds is 4. The Bertz CT molecular complexity index is 333. The van der Waals surface area contributed by atoms with Gasteiger partial charge >= 0.3 is 11.9 Å². The lowest BCUT2D eigenvalue weighted by Gasteiger charge is -1.96. The van der Waals surface area contributed by atoms with Crippen LogP contribution >= 0.6 is 11.3 Å². The van der Waals surface area contributed by atoms with Gasteiger partial charge in [0.05, 0.1) is 5.00 Å². The highest BCUT2D eigenvalue weighted by Gasteiger charge is 2.06. The number of thiophene rings is 1. The minimum atomic E-state index is -1.01. The molecule has 0 atom stereocenters. The van der Waals surface area contributed by atoms with E-state index in [1.807, 2.05) is 0 Å². The smallest absolute Gasteiger partial charge is 0.345 e. The molecule has 13 heavy (non-hydrogen) atoms. The predicted molar refractivity (Wildman–Crippen MR) is 47.4 cm³/mol. The van der Waals surface area contributed by atoms with Crippen molar-refractivity contribution in [3.8, 4) is 0 Å². The molecule has 70 valence electrons. The van der Waals surface area contributed by atoms with E-state index in [2.05, 4.69) is 5.32 Å². The van der Waals surface area contributed by atoms with Crippen LogP contribution in [0.25, 0.3) is 0 Å². The van der Waals surface area contributed by atoms with Crippen LogP contribution in [0.1, 0.15) is 9.67 Å². The summed E-state index contributed by atoms with van der Waals surface area (Å²) in [5, 5.41) is 20.0. The van der Waals surface area contributed by atoms with Crippen molar-refractivity contribution >= 4 is 28.3 Å². The molecule has 1 aromatic rings. The molecule has 3 N–H and O–H groups in total. The molecule has 0 fully saturated rings. The second kappa shape index (κ2) is 3.90. The van der Waals surface area contributed by atoms with E-state index >= 15 is 0 Å². The highest BCUT2D eigenvalue weighted by Crippen LogP contribution is 2.21. The van der Waals surface area contributed by atoms with Gasteiger partial charge in [0.1, 0.15) is 11.4 Å². The largest absolute Gasteiger partial charge is 0.480 e. The maximum atomic E-state index is 10.4. The average Bonchev–Trinajstić information content (AvgIpc) is 2.48. The van der Waals surface area contributed by atoms with Crippen LogP contribution in [-0.4, -0.2) is 28.7 Å². The predicted octanol–water partition coefficient (Wildman–Crippen LogP) is 0.943. The summed E-state index contributed by atoms with van der Waals surface area (Å²) in [6.45, 7) is -0.209. The van der Waals surface area contributed by atoms with Crippen LogP contribution in [-0.2, 0) is 4.79 Å². The maximum absolute atomic E-state index is 10.4. The van der Waals surface area contributed by atoms with Crippen molar-refractivity contribution in [3.63, 3.8) is 0 Å². The first-order chi connectivity index (χ1) is 6.09. The van der Waals surface area contributed by atoms with Gasteiger partial charge in [0.2, 0.25) is 0 Å². The molecule has 0 amide bonds. The molecule has 0 spiro atoms. The first-order valence-electron chi connectivity index (χ1n) is 3.38. The number of aromatic carboxylic acids is 1. The normalized spacial score (nSPS) is 9.54. The first-order valence-corrected chi connectivity index (χ1v) is 4.20. The Kier molecular flexibility index (Phi) is 2.86. The van der Waals surface area contributed by atoms with E-state index in [0.29, 0.717) is 5.00 Å². The molecule has 1 rings (SSSR count). The van der Waals surface area contributed by atoms with Crippen LogP contribution in [0.3, 0.4) is 0 Å². The molecule has 0 aliphatic rings. The topological polar surface area (TPSA) is 86.6 Å². The SMILES string of the molecule is O=C(O)CNc1ccc(C(=O)O)s1. The van der Waals surface area contributed by atoms with Crippen molar-refractivity contribution < 1.29 is 19.8 Å². The number of carboxylic acid groups (broad SMARTS) is 2. The second-order valence-electron chi connectivity index (χ2n) is 2.22. The lowest BCUT2D eigenvalue weighted by Crippen LogP contribution is -2.11. The van der Waals surface area contributed by atoms with E-state index in [1.54, 1.807) is 0 Å². The molecule has 0 aliphatic carbocycles. The molecule has 1 heterocycles. The number of hydrogen-bond acceptors (Lipinski definition) is 4. The van der Waals surface area contributed by atoms with E-state index in [1.165, 1.54) is 12.1 Å². The zero-order chi connectivity index (χ0) is 9.84. The zero-order valence-corrected chi connectivity index (χ0v) is 7.30. The van der Waals surface area contributed by atoms with Crippen molar-refractivity contribution in [2.45, 2.75) is 0 Å². The standard InChI is InChI=1S/C7H7NO4S/c9-6(10)3-8-5-2-1-4(13-5)7(11)12/h1-2,8H,3H2,(H,9,10)(H,11,12). The van der Waals surface area contributed by atoms with Crippen molar-refractivity contribution in [1.29, 1.82) is 0 Å². The Morgan fingerprint density at radius 1 is 1.38 bits per heavy atom. The van der Waals surface area contributed by atoms with Gasteiger partial charge in [0.15, 0.2) is 0 Å². The minimum Gasteiger partial charge on any atom is -0.480 e. The molecule has 5 nitrogen and oxygen atoms in total. The van der Waals surface area contributed by atoms with Gasteiger partial charge in [-0.1, -0.05) is 0 Å². The second-order valence-corrected chi connectivity index (χ2v) is 3.30. The van der Waals surface area contributed by atoms with Crippen LogP contribution in [0.15, 0.2) is 12.1 Å². The number of carboxylic acids is 2. The molecule has 0 saturated heterocycles. The highest BCUT2D eigenvalue weighted by atomic mass is 32.1. The maximum Gasteiger partial charge on any atom is 0.345 e. The molecule has 0 aliphatic heterocycles. The van der Waals surface area contributed by atoms with Crippen LogP contribution in [0.2, 0.25) is 0 Å². The quantitative estimate of drug-likeness (QED) is 0.675. The average molecular weight is 201 g/mol. The third-order valence-corrected chi connectivity index (χ3v) is 2.26. The molecule has 0 unspecified atom stereocenters. The van der Waals surface area contributed by atoms with Gasteiger partial charge in [-0.2, -0.15) is 0 Å². The van der Waals surface area contributed by atoms with Gasteiger partial charge < -0.3 is 15.5 Å². The van der Waals surface area contributed by atoms with E-state index in [9.17, 15) is 9.59 Å². The van der Waals surface area contributed by atoms with Gasteiger partial charge in [0, 0.05) is 0 Å². The van der Waals surface area contributed by atoms with E-state index < -0.39 is 11.9 Å². The molecular weight excluding hydrogens is 194 g/mol. The first kappa shape index (κ1) is 9.53. The summed E-state index contributed by atoms with van der Waals surface area (Å²) in [6, 6.07) is 2.97. The summed E-state index contributed by atoms with van der Waals surface area (Å²) in [4.78, 5) is 20.7. The van der Waals surface area contributed by atoms with Gasteiger partial charge in [0.25, 0.3) is 0 Å². The van der Waals surface area contributed by atoms with E-state index in [0.717, 1.165) is 11.3 Å².